The first-order valence-electron chi connectivity index (χ1n) is 11.9. The monoisotopic (exact) mass is 394 g/mol. The molecule has 164 valence electrons. The highest BCUT2D eigenvalue weighted by atomic mass is 16.2. The zero-order valence-electron chi connectivity index (χ0n) is 18.7. The van der Waals surface area contributed by atoms with E-state index in [1.807, 2.05) is 0 Å². The molecule has 0 aliphatic carbocycles. The lowest BCUT2D eigenvalue weighted by atomic mass is 10.1. The average Bonchev–Trinajstić information content (AvgIpc) is 2.69. The smallest absolute Gasteiger partial charge is 0.244 e. The first-order valence-corrected chi connectivity index (χ1v) is 11.9. The zero-order valence-corrected chi connectivity index (χ0v) is 18.7. The van der Waals surface area contributed by atoms with Crippen molar-refractivity contribution in [3.8, 4) is 0 Å². The Morgan fingerprint density at radius 3 is 1.11 bits per heavy atom. The number of nitrogens with one attached hydrogen (secondary N) is 2. The van der Waals surface area contributed by atoms with Crippen LogP contribution in [0.4, 0.5) is 0 Å². The van der Waals surface area contributed by atoms with E-state index in [1.165, 1.54) is 89.2 Å². The van der Waals surface area contributed by atoms with E-state index in [1.54, 1.807) is 0 Å². The molecule has 0 fully saturated rings. The van der Waals surface area contributed by atoms with Crippen LogP contribution in [0.25, 0.3) is 0 Å². The van der Waals surface area contributed by atoms with Crippen LogP contribution >= 0.6 is 0 Å². The Kier molecular flexibility index (Phi) is 20.9. The minimum atomic E-state index is -0.176. The molecule has 0 radical (unpaired) electrons. The molecule has 0 aliphatic heterocycles. The van der Waals surface area contributed by atoms with Gasteiger partial charge in [0.25, 0.3) is 0 Å². The molecule has 0 atom stereocenters. The van der Waals surface area contributed by atoms with Crippen molar-refractivity contribution in [2.45, 2.75) is 117 Å². The van der Waals surface area contributed by atoms with Crippen molar-refractivity contribution in [1.29, 1.82) is 0 Å². The molecule has 2 amide bonds. The maximum atomic E-state index is 11.7. The summed E-state index contributed by atoms with van der Waals surface area (Å²) in [6.07, 6.45) is 22.7. The molecule has 0 aliphatic rings. The van der Waals surface area contributed by atoms with Crippen LogP contribution in [0.15, 0.2) is 12.2 Å². The summed E-state index contributed by atoms with van der Waals surface area (Å²) in [5, 5.41) is 5.70. The largest absolute Gasteiger partial charge is 0.353 e. The molecular formula is C24H46N2O2. The predicted molar refractivity (Wildman–Crippen MR) is 120 cm³/mol. The fourth-order valence-corrected chi connectivity index (χ4v) is 3.21. The van der Waals surface area contributed by atoms with Crippen molar-refractivity contribution in [1.82, 2.24) is 10.6 Å². The summed E-state index contributed by atoms with van der Waals surface area (Å²) < 4.78 is 0. The highest BCUT2D eigenvalue weighted by Crippen LogP contribution is 2.08. The lowest BCUT2D eigenvalue weighted by Crippen LogP contribution is -2.25. The van der Waals surface area contributed by atoms with Gasteiger partial charge in [-0.1, -0.05) is 104 Å². The molecule has 4 heteroatoms. The molecule has 0 unspecified atom stereocenters. The molecule has 0 aromatic heterocycles. The van der Waals surface area contributed by atoms with E-state index in [0.29, 0.717) is 13.1 Å². The maximum absolute atomic E-state index is 11.7. The molecule has 0 bridgehead atoms. The second-order valence-electron chi connectivity index (χ2n) is 7.87. The molecule has 0 aromatic carbocycles. The molecular weight excluding hydrogens is 348 g/mol. The highest BCUT2D eigenvalue weighted by Gasteiger charge is 1.99. The average molecular weight is 395 g/mol. The Labute approximate surface area is 174 Å². The number of hydrogen-bond donors (Lipinski definition) is 2. The standard InChI is InChI=1S/C24H46N2O2/c1-3-5-7-9-11-13-15-17-21-25-23(27)19-20-24(28)26-22-18-16-14-12-10-8-6-4-2/h19-20H,3-18,21-22H2,1-2H3,(H,25,27)(H,26,28)/b20-19-. The summed E-state index contributed by atoms with van der Waals surface area (Å²) in [5.74, 6) is -0.352. The summed E-state index contributed by atoms with van der Waals surface area (Å²) in [7, 11) is 0. The van der Waals surface area contributed by atoms with Gasteiger partial charge in [0.15, 0.2) is 0 Å². The van der Waals surface area contributed by atoms with Crippen molar-refractivity contribution >= 4 is 11.8 Å². The van der Waals surface area contributed by atoms with E-state index in [-0.39, 0.29) is 11.8 Å². The Bertz CT molecular complexity index is 358. The third kappa shape index (κ3) is 21.0. The summed E-state index contributed by atoms with van der Waals surface area (Å²) >= 11 is 0. The minimum Gasteiger partial charge on any atom is -0.353 e. The minimum absolute atomic E-state index is 0.176. The van der Waals surface area contributed by atoms with Crippen LogP contribution in [-0.4, -0.2) is 24.9 Å². The van der Waals surface area contributed by atoms with Crippen molar-refractivity contribution < 1.29 is 9.59 Å². The van der Waals surface area contributed by atoms with Crippen LogP contribution in [0, 0.1) is 0 Å². The van der Waals surface area contributed by atoms with E-state index in [2.05, 4.69) is 24.5 Å². The van der Waals surface area contributed by atoms with Gasteiger partial charge in [-0.25, -0.2) is 0 Å². The lowest BCUT2D eigenvalue weighted by Gasteiger charge is -2.04. The fourth-order valence-electron chi connectivity index (χ4n) is 3.21. The molecule has 2 N–H and O–H groups in total. The Morgan fingerprint density at radius 1 is 0.500 bits per heavy atom. The molecule has 0 spiro atoms. The van der Waals surface area contributed by atoms with Crippen LogP contribution in [-0.2, 0) is 9.59 Å². The first kappa shape index (κ1) is 26.7. The Balaban J connectivity index is 3.43. The fraction of sp³-hybridized carbons (Fsp3) is 0.833. The number of amides is 2. The second kappa shape index (κ2) is 22.0. The van der Waals surface area contributed by atoms with E-state index >= 15 is 0 Å². The van der Waals surface area contributed by atoms with Crippen molar-refractivity contribution in [2.24, 2.45) is 0 Å². The molecule has 0 rings (SSSR count). The van der Waals surface area contributed by atoms with Gasteiger partial charge in [0.05, 0.1) is 0 Å². The maximum Gasteiger partial charge on any atom is 0.244 e. The predicted octanol–water partition coefficient (Wildman–Crippen LogP) is 6.06. The summed E-state index contributed by atoms with van der Waals surface area (Å²) in [6, 6.07) is 0. The van der Waals surface area contributed by atoms with Gasteiger partial charge in [0.1, 0.15) is 0 Å². The van der Waals surface area contributed by atoms with Gasteiger partial charge >= 0.3 is 0 Å². The van der Waals surface area contributed by atoms with E-state index in [9.17, 15) is 9.59 Å². The molecule has 0 saturated carbocycles. The molecule has 0 saturated heterocycles. The van der Waals surface area contributed by atoms with E-state index < -0.39 is 0 Å². The molecule has 28 heavy (non-hydrogen) atoms. The van der Waals surface area contributed by atoms with E-state index in [4.69, 9.17) is 0 Å². The van der Waals surface area contributed by atoms with Crippen molar-refractivity contribution in [2.75, 3.05) is 13.1 Å². The lowest BCUT2D eigenvalue weighted by molar-refractivity contribution is -0.118. The number of unbranched alkanes of at least 4 members (excludes halogenated alkanes) is 14. The highest BCUT2D eigenvalue weighted by molar-refractivity contribution is 5.96. The molecule has 0 heterocycles. The summed E-state index contributed by atoms with van der Waals surface area (Å²) in [4.78, 5) is 23.4. The molecule has 4 nitrogen and oxygen atoms in total. The number of hydrogen-bond acceptors (Lipinski definition) is 2. The Hall–Kier alpha value is -1.32. The van der Waals surface area contributed by atoms with Gasteiger partial charge in [0.2, 0.25) is 11.8 Å². The topological polar surface area (TPSA) is 58.2 Å². The molecule has 0 aromatic rings. The van der Waals surface area contributed by atoms with E-state index in [0.717, 1.165) is 25.7 Å². The summed E-state index contributed by atoms with van der Waals surface area (Å²) in [5.41, 5.74) is 0. The third-order valence-electron chi connectivity index (χ3n) is 5.05. The van der Waals surface area contributed by atoms with Gasteiger partial charge in [-0.2, -0.15) is 0 Å². The van der Waals surface area contributed by atoms with Gasteiger partial charge in [-0.05, 0) is 12.8 Å². The van der Waals surface area contributed by atoms with Crippen LogP contribution < -0.4 is 10.6 Å². The van der Waals surface area contributed by atoms with Gasteiger partial charge in [0, 0.05) is 25.2 Å². The first-order chi connectivity index (χ1) is 13.7. The van der Waals surface area contributed by atoms with Gasteiger partial charge in [-0.15, -0.1) is 0 Å². The number of carbonyl (C=O) groups excluding carboxylic acids is 2. The van der Waals surface area contributed by atoms with Gasteiger partial charge in [-0.3, -0.25) is 9.59 Å². The summed E-state index contributed by atoms with van der Waals surface area (Å²) in [6.45, 7) is 5.85. The van der Waals surface area contributed by atoms with Crippen LogP contribution in [0.1, 0.15) is 117 Å². The van der Waals surface area contributed by atoms with Crippen LogP contribution in [0.2, 0.25) is 0 Å². The van der Waals surface area contributed by atoms with Crippen LogP contribution in [0.5, 0.6) is 0 Å². The number of carbonyl (C=O) groups is 2. The van der Waals surface area contributed by atoms with Crippen LogP contribution in [0.3, 0.4) is 0 Å². The zero-order chi connectivity index (χ0) is 20.7. The quantitative estimate of drug-likeness (QED) is 0.195. The third-order valence-corrected chi connectivity index (χ3v) is 5.05. The SMILES string of the molecule is CCCCCCCCCCNC(=O)/C=C\C(=O)NCCCCCCCCCC. The second-order valence-corrected chi connectivity index (χ2v) is 7.87. The van der Waals surface area contributed by atoms with Gasteiger partial charge < -0.3 is 10.6 Å². The number of rotatable bonds is 20. The Morgan fingerprint density at radius 2 is 0.786 bits per heavy atom. The van der Waals surface area contributed by atoms with Crippen molar-refractivity contribution in [3.05, 3.63) is 12.2 Å². The van der Waals surface area contributed by atoms with Crippen molar-refractivity contribution in [3.63, 3.8) is 0 Å². The normalized spacial score (nSPS) is 11.1.